The van der Waals surface area contributed by atoms with E-state index >= 15 is 0 Å². The van der Waals surface area contributed by atoms with E-state index in [1.54, 1.807) is 30.3 Å². The Morgan fingerprint density at radius 2 is 1.59 bits per heavy atom. The van der Waals surface area contributed by atoms with Crippen LogP contribution >= 0.6 is 11.6 Å². The first kappa shape index (κ1) is 18.7. The van der Waals surface area contributed by atoms with E-state index in [9.17, 15) is 13.7 Å². The third-order valence-electron chi connectivity index (χ3n) is 3.66. The van der Waals surface area contributed by atoms with Crippen LogP contribution in [-0.4, -0.2) is 8.42 Å². The molecule has 0 amide bonds. The molecule has 0 bridgehead atoms. The highest BCUT2D eigenvalue weighted by Gasteiger charge is 2.20. The van der Waals surface area contributed by atoms with Crippen LogP contribution in [0.4, 0.5) is 0 Å². The van der Waals surface area contributed by atoms with Crippen LogP contribution in [0.25, 0.3) is 6.08 Å². The molecule has 0 saturated carbocycles. The van der Waals surface area contributed by atoms with Crippen LogP contribution < -0.4 is 4.74 Å². The van der Waals surface area contributed by atoms with Gasteiger partial charge in [-0.15, -0.1) is 0 Å². The predicted octanol–water partition coefficient (Wildman–Crippen LogP) is 5.47. The van der Waals surface area contributed by atoms with Gasteiger partial charge in [0.1, 0.15) is 22.5 Å². The number of para-hydroxylation sites is 1. The highest BCUT2D eigenvalue weighted by molar-refractivity contribution is 7.95. The van der Waals surface area contributed by atoms with Gasteiger partial charge >= 0.3 is 0 Å². The molecule has 0 spiro atoms. The van der Waals surface area contributed by atoms with E-state index in [4.69, 9.17) is 16.3 Å². The molecular formula is C21H14ClNO3S. The van der Waals surface area contributed by atoms with Crippen molar-refractivity contribution in [2.75, 3.05) is 0 Å². The summed E-state index contributed by atoms with van der Waals surface area (Å²) in [6, 6.07) is 23.5. The molecule has 0 radical (unpaired) electrons. The van der Waals surface area contributed by atoms with Gasteiger partial charge in [0.15, 0.2) is 0 Å². The van der Waals surface area contributed by atoms with Crippen LogP contribution in [0.1, 0.15) is 5.56 Å². The molecule has 27 heavy (non-hydrogen) atoms. The average Bonchev–Trinajstić information content (AvgIpc) is 2.67. The number of ether oxygens (including phenoxy) is 1. The molecule has 0 heterocycles. The molecule has 0 saturated heterocycles. The summed E-state index contributed by atoms with van der Waals surface area (Å²) in [5, 5.41) is 9.81. The Hall–Kier alpha value is -3.07. The Labute approximate surface area is 162 Å². The fourth-order valence-corrected chi connectivity index (χ4v) is 3.64. The minimum atomic E-state index is -3.94. The summed E-state index contributed by atoms with van der Waals surface area (Å²) in [5.41, 5.74) is 0.539. The maximum absolute atomic E-state index is 12.7. The molecular weight excluding hydrogens is 382 g/mol. The van der Waals surface area contributed by atoms with Crippen LogP contribution in [0.3, 0.4) is 0 Å². The van der Waals surface area contributed by atoms with Gasteiger partial charge in [-0.05, 0) is 60.2 Å². The van der Waals surface area contributed by atoms with E-state index in [1.807, 2.05) is 30.3 Å². The first-order valence-corrected chi connectivity index (χ1v) is 9.80. The van der Waals surface area contributed by atoms with Crippen molar-refractivity contribution < 1.29 is 13.2 Å². The summed E-state index contributed by atoms with van der Waals surface area (Å²) >= 11 is 5.80. The maximum atomic E-state index is 12.7. The lowest BCUT2D eigenvalue weighted by molar-refractivity contribution is 0.482. The van der Waals surface area contributed by atoms with Gasteiger partial charge in [-0.1, -0.05) is 41.9 Å². The van der Waals surface area contributed by atoms with Crippen molar-refractivity contribution in [2.24, 2.45) is 0 Å². The van der Waals surface area contributed by atoms with Gasteiger partial charge in [0.2, 0.25) is 9.84 Å². The molecule has 0 aliphatic carbocycles. The number of rotatable bonds is 5. The molecule has 0 aliphatic rings. The zero-order valence-corrected chi connectivity index (χ0v) is 15.6. The topological polar surface area (TPSA) is 67.2 Å². The molecule has 0 N–H and O–H groups in total. The standard InChI is InChI=1S/C21H14ClNO3S/c22-17-9-11-20(12-10-17)27(24,25)21(15-23)14-16-5-4-8-19(13-16)26-18-6-2-1-3-7-18/h1-14H/b21-14-. The molecule has 0 aliphatic heterocycles. The van der Waals surface area contributed by atoms with Crippen molar-refractivity contribution >= 4 is 27.5 Å². The summed E-state index contributed by atoms with van der Waals surface area (Å²) in [4.78, 5) is -0.349. The Morgan fingerprint density at radius 3 is 2.26 bits per heavy atom. The van der Waals surface area contributed by atoms with Crippen LogP contribution in [0.5, 0.6) is 11.5 Å². The molecule has 0 aromatic heterocycles. The van der Waals surface area contributed by atoms with Crippen LogP contribution in [-0.2, 0) is 9.84 Å². The van der Waals surface area contributed by atoms with E-state index in [0.29, 0.717) is 22.1 Å². The van der Waals surface area contributed by atoms with Gasteiger partial charge < -0.3 is 4.74 Å². The Kier molecular flexibility index (Phi) is 5.60. The number of sulfone groups is 1. The molecule has 0 atom stereocenters. The SMILES string of the molecule is N#C/C(=C/c1cccc(Oc2ccccc2)c1)S(=O)(=O)c1ccc(Cl)cc1. The van der Waals surface area contributed by atoms with Crippen molar-refractivity contribution in [3.05, 3.63) is 94.4 Å². The van der Waals surface area contributed by atoms with Gasteiger partial charge in [0.25, 0.3) is 0 Å². The zero-order chi connectivity index (χ0) is 19.3. The van der Waals surface area contributed by atoms with Crippen LogP contribution in [0.2, 0.25) is 5.02 Å². The molecule has 6 heteroatoms. The van der Waals surface area contributed by atoms with Gasteiger partial charge in [0.05, 0.1) is 4.90 Å². The molecule has 3 aromatic carbocycles. The Balaban J connectivity index is 1.93. The van der Waals surface area contributed by atoms with Crippen molar-refractivity contribution in [1.82, 2.24) is 0 Å². The second-order valence-electron chi connectivity index (χ2n) is 5.57. The number of hydrogen-bond acceptors (Lipinski definition) is 4. The van der Waals surface area contributed by atoms with Gasteiger partial charge in [-0.2, -0.15) is 5.26 Å². The summed E-state index contributed by atoms with van der Waals surface area (Å²) in [7, 11) is -3.94. The van der Waals surface area contributed by atoms with Crippen molar-refractivity contribution in [3.8, 4) is 17.6 Å². The quantitative estimate of drug-likeness (QED) is 0.537. The van der Waals surface area contributed by atoms with Gasteiger partial charge in [-0.25, -0.2) is 8.42 Å². The third-order valence-corrected chi connectivity index (χ3v) is 5.59. The fraction of sp³-hybridized carbons (Fsp3) is 0. The normalized spacial score (nSPS) is 11.6. The van der Waals surface area contributed by atoms with Crippen LogP contribution in [0, 0.1) is 11.3 Å². The van der Waals surface area contributed by atoms with Gasteiger partial charge in [-0.3, -0.25) is 0 Å². The van der Waals surface area contributed by atoms with Crippen molar-refractivity contribution in [1.29, 1.82) is 5.26 Å². The summed E-state index contributed by atoms with van der Waals surface area (Å²) in [6.07, 6.45) is 1.32. The maximum Gasteiger partial charge on any atom is 0.216 e. The summed E-state index contributed by atoms with van der Waals surface area (Å²) in [5.74, 6) is 1.20. The Morgan fingerprint density at radius 1 is 0.926 bits per heavy atom. The first-order valence-electron chi connectivity index (χ1n) is 7.94. The molecule has 4 nitrogen and oxygen atoms in total. The number of halogens is 1. The van der Waals surface area contributed by atoms with E-state index in [2.05, 4.69) is 0 Å². The zero-order valence-electron chi connectivity index (χ0n) is 14.0. The summed E-state index contributed by atoms with van der Waals surface area (Å²) in [6.45, 7) is 0. The number of hydrogen-bond donors (Lipinski definition) is 0. The fourth-order valence-electron chi connectivity index (χ4n) is 2.35. The third kappa shape index (κ3) is 4.56. The molecule has 134 valence electrons. The van der Waals surface area contributed by atoms with Crippen LogP contribution in [0.15, 0.2) is 88.7 Å². The lowest BCUT2D eigenvalue weighted by atomic mass is 10.2. The number of nitriles is 1. The monoisotopic (exact) mass is 395 g/mol. The highest BCUT2D eigenvalue weighted by Crippen LogP contribution is 2.26. The van der Waals surface area contributed by atoms with E-state index in [-0.39, 0.29) is 9.80 Å². The number of allylic oxidation sites excluding steroid dienone is 1. The lowest BCUT2D eigenvalue weighted by Crippen LogP contribution is -2.03. The average molecular weight is 396 g/mol. The lowest BCUT2D eigenvalue weighted by Gasteiger charge is -2.07. The molecule has 0 fully saturated rings. The van der Waals surface area contributed by atoms with Crippen molar-refractivity contribution in [2.45, 2.75) is 4.90 Å². The Bertz CT molecular complexity index is 1120. The highest BCUT2D eigenvalue weighted by atomic mass is 35.5. The largest absolute Gasteiger partial charge is 0.457 e. The number of benzene rings is 3. The van der Waals surface area contributed by atoms with E-state index < -0.39 is 9.84 Å². The molecule has 3 aromatic rings. The minimum Gasteiger partial charge on any atom is -0.457 e. The van der Waals surface area contributed by atoms with E-state index in [0.717, 1.165) is 0 Å². The molecule has 0 unspecified atom stereocenters. The second kappa shape index (κ2) is 8.09. The second-order valence-corrected chi connectivity index (χ2v) is 7.92. The number of nitrogens with zero attached hydrogens (tertiary/aromatic N) is 1. The van der Waals surface area contributed by atoms with E-state index in [1.165, 1.54) is 30.3 Å². The van der Waals surface area contributed by atoms with Crippen molar-refractivity contribution in [3.63, 3.8) is 0 Å². The smallest absolute Gasteiger partial charge is 0.216 e. The molecule has 3 rings (SSSR count). The summed E-state index contributed by atoms with van der Waals surface area (Å²) < 4.78 is 31.1. The predicted molar refractivity (Wildman–Crippen MR) is 105 cm³/mol. The van der Waals surface area contributed by atoms with Gasteiger partial charge in [0, 0.05) is 5.02 Å². The minimum absolute atomic E-state index is 0.0105. The first-order chi connectivity index (χ1) is 13.0.